The number of carbonyl (C=O) groups is 1. The fourth-order valence-corrected chi connectivity index (χ4v) is 2.49. The third-order valence-electron chi connectivity index (χ3n) is 2.65. The molecular formula is C15H15N3O2S. The monoisotopic (exact) mass is 301 g/mol. The summed E-state index contributed by atoms with van der Waals surface area (Å²) < 4.78 is 5.12. The van der Waals surface area contributed by atoms with Crippen LogP contribution in [0.15, 0.2) is 30.6 Å². The van der Waals surface area contributed by atoms with Crippen molar-refractivity contribution < 1.29 is 9.53 Å². The van der Waals surface area contributed by atoms with Crippen LogP contribution in [-0.2, 0) is 6.54 Å². The number of hydrogen-bond donors (Lipinski definition) is 2. The molecule has 2 rings (SSSR count). The first-order valence-corrected chi connectivity index (χ1v) is 7.10. The van der Waals surface area contributed by atoms with Gasteiger partial charge < -0.3 is 15.8 Å². The molecule has 108 valence electrons. The third kappa shape index (κ3) is 4.05. The Balaban J connectivity index is 1.99. The standard InChI is InChI=1S/C15H15N3O2S/c1-20-14-10-17-8-6-13(14)15(19)18-9-12-5-4-11(21-12)3-2-7-16/h4-6,8,10H,7,9,16H2,1H3,(H,18,19). The molecule has 2 aromatic heterocycles. The normalized spacial score (nSPS) is 9.62. The van der Waals surface area contributed by atoms with Gasteiger partial charge in [0.2, 0.25) is 0 Å². The highest BCUT2D eigenvalue weighted by atomic mass is 32.1. The number of nitrogens with one attached hydrogen (secondary N) is 1. The van der Waals surface area contributed by atoms with E-state index < -0.39 is 0 Å². The zero-order chi connectivity index (χ0) is 15.1. The number of hydrogen-bond acceptors (Lipinski definition) is 5. The van der Waals surface area contributed by atoms with E-state index in [9.17, 15) is 4.79 Å². The van der Waals surface area contributed by atoms with Crippen LogP contribution in [0.1, 0.15) is 20.1 Å². The van der Waals surface area contributed by atoms with Gasteiger partial charge in [-0.05, 0) is 18.2 Å². The van der Waals surface area contributed by atoms with Gasteiger partial charge in [-0.2, -0.15) is 0 Å². The van der Waals surface area contributed by atoms with Crippen LogP contribution in [0.25, 0.3) is 0 Å². The number of methoxy groups -OCH3 is 1. The number of rotatable bonds is 4. The quantitative estimate of drug-likeness (QED) is 0.837. The minimum atomic E-state index is -0.197. The lowest BCUT2D eigenvalue weighted by Gasteiger charge is -2.07. The highest BCUT2D eigenvalue weighted by Gasteiger charge is 2.11. The molecule has 0 aliphatic rings. The number of carbonyl (C=O) groups excluding carboxylic acids is 1. The summed E-state index contributed by atoms with van der Waals surface area (Å²) in [5.41, 5.74) is 5.80. The summed E-state index contributed by atoms with van der Waals surface area (Å²) in [4.78, 5) is 18.0. The molecule has 1 amide bonds. The van der Waals surface area contributed by atoms with E-state index in [2.05, 4.69) is 22.1 Å². The SMILES string of the molecule is COc1cnccc1C(=O)NCc1ccc(C#CCN)s1. The first-order chi connectivity index (χ1) is 10.2. The maximum Gasteiger partial charge on any atom is 0.255 e. The van der Waals surface area contributed by atoms with Crippen molar-refractivity contribution in [2.24, 2.45) is 5.73 Å². The Morgan fingerprint density at radius 2 is 2.33 bits per heavy atom. The molecule has 0 saturated carbocycles. The summed E-state index contributed by atoms with van der Waals surface area (Å²) in [5, 5.41) is 2.85. The zero-order valence-corrected chi connectivity index (χ0v) is 12.4. The Bertz CT molecular complexity index is 685. The number of ether oxygens (including phenoxy) is 1. The Labute approximate surface area is 127 Å². The molecule has 0 saturated heterocycles. The van der Waals surface area contributed by atoms with Gasteiger partial charge in [0, 0.05) is 11.1 Å². The molecule has 0 aliphatic carbocycles. The number of nitrogens with two attached hydrogens (primary N) is 1. The topological polar surface area (TPSA) is 77.2 Å². The summed E-state index contributed by atoms with van der Waals surface area (Å²) in [7, 11) is 1.51. The maximum absolute atomic E-state index is 12.1. The zero-order valence-electron chi connectivity index (χ0n) is 11.6. The average Bonchev–Trinajstić information content (AvgIpc) is 2.98. The molecule has 3 N–H and O–H groups in total. The summed E-state index contributed by atoms with van der Waals surface area (Å²) in [6.45, 7) is 0.783. The number of nitrogens with zero attached hydrogens (tertiary/aromatic N) is 1. The smallest absolute Gasteiger partial charge is 0.255 e. The van der Waals surface area contributed by atoms with E-state index in [1.807, 2.05) is 12.1 Å². The van der Waals surface area contributed by atoms with Crippen LogP contribution >= 0.6 is 11.3 Å². The molecule has 0 aliphatic heterocycles. The molecule has 0 bridgehead atoms. The summed E-state index contributed by atoms with van der Waals surface area (Å²) in [6, 6.07) is 5.48. The molecule has 6 heteroatoms. The van der Waals surface area contributed by atoms with Crippen molar-refractivity contribution in [1.82, 2.24) is 10.3 Å². The van der Waals surface area contributed by atoms with E-state index >= 15 is 0 Å². The highest BCUT2D eigenvalue weighted by Crippen LogP contribution is 2.17. The lowest BCUT2D eigenvalue weighted by Crippen LogP contribution is -2.22. The van der Waals surface area contributed by atoms with E-state index in [4.69, 9.17) is 10.5 Å². The van der Waals surface area contributed by atoms with E-state index in [0.29, 0.717) is 24.4 Å². The molecule has 0 radical (unpaired) electrons. The summed E-state index contributed by atoms with van der Waals surface area (Å²) >= 11 is 1.53. The molecule has 0 fully saturated rings. The van der Waals surface area contributed by atoms with Crippen molar-refractivity contribution >= 4 is 17.2 Å². The average molecular weight is 301 g/mol. The molecular weight excluding hydrogens is 286 g/mol. The maximum atomic E-state index is 12.1. The van der Waals surface area contributed by atoms with Crippen LogP contribution in [-0.4, -0.2) is 24.5 Å². The summed E-state index contributed by atoms with van der Waals surface area (Å²) in [5.74, 6) is 6.02. The van der Waals surface area contributed by atoms with Crippen molar-refractivity contribution in [3.05, 3.63) is 45.9 Å². The highest BCUT2D eigenvalue weighted by molar-refractivity contribution is 7.12. The minimum Gasteiger partial charge on any atom is -0.494 e. The lowest BCUT2D eigenvalue weighted by atomic mass is 10.2. The Morgan fingerprint density at radius 1 is 1.48 bits per heavy atom. The fourth-order valence-electron chi connectivity index (χ4n) is 1.67. The van der Waals surface area contributed by atoms with Crippen molar-refractivity contribution in [3.8, 4) is 17.6 Å². The number of pyridine rings is 1. The Hall–Kier alpha value is -2.36. The van der Waals surface area contributed by atoms with Gasteiger partial charge in [-0.3, -0.25) is 9.78 Å². The molecule has 0 aromatic carbocycles. The minimum absolute atomic E-state index is 0.197. The van der Waals surface area contributed by atoms with Gasteiger partial charge in [0.15, 0.2) is 0 Å². The van der Waals surface area contributed by atoms with Gasteiger partial charge in [-0.1, -0.05) is 11.8 Å². The molecule has 0 atom stereocenters. The van der Waals surface area contributed by atoms with Gasteiger partial charge >= 0.3 is 0 Å². The van der Waals surface area contributed by atoms with Crippen LogP contribution in [0.3, 0.4) is 0 Å². The first-order valence-electron chi connectivity index (χ1n) is 6.28. The van der Waals surface area contributed by atoms with E-state index in [1.165, 1.54) is 24.6 Å². The predicted octanol–water partition coefficient (Wildman–Crippen LogP) is 1.39. The fraction of sp³-hybridized carbons (Fsp3) is 0.200. The first kappa shape index (κ1) is 15.0. The lowest BCUT2D eigenvalue weighted by molar-refractivity contribution is 0.0948. The number of amides is 1. The van der Waals surface area contributed by atoms with Crippen molar-refractivity contribution in [1.29, 1.82) is 0 Å². The second-order valence-electron chi connectivity index (χ2n) is 4.03. The number of thiophene rings is 1. The van der Waals surface area contributed by atoms with Gasteiger partial charge in [-0.25, -0.2) is 0 Å². The van der Waals surface area contributed by atoms with Gasteiger partial charge in [0.1, 0.15) is 5.75 Å². The Morgan fingerprint density at radius 3 is 3.10 bits per heavy atom. The van der Waals surface area contributed by atoms with Gasteiger partial charge in [0.05, 0.1) is 36.8 Å². The third-order valence-corrected chi connectivity index (χ3v) is 3.65. The molecule has 21 heavy (non-hydrogen) atoms. The Kier molecular flexibility index (Phi) is 5.32. The largest absolute Gasteiger partial charge is 0.494 e. The predicted molar refractivity (Wildman–Crippen MR) is 82.2 cm³/mol. The summed E-state index contributed by atoms with van der Waals surface area (Å²) in [6.07, 6.45) is 3.07. The van der Waals surface area contributed by atoms with Gasteiger partial charge in [-0.15, -0.1) is 11.3 Å². The van der Waals surface area contributed by atoms with Crippen molar-refractivity contribution in [2.75, 3.05) is 13.7 Å². The van der Waals surface area contributed by atoms with Crippen LogP contribution in [0.5, 0.6) is 5.75 Å². The molecule has 2 aromatic rings. The van der Waals surface area contributed by atoms with E-state index in [1.54, 1.807) is 12.3 Å². The number of aromatic nitrogens is 1. The van der Waals surface area contributed by atoms with Crippen LogP contribution in [0, 0.1) is 11.8 Å². The van der Waals surface area contributed by atoms with Crippen molar-refractivity contribution in [2.45, 2.75) is 6.54 Å². The molecule has 0 spiro atoms. The second-order valence-corrected chi connectivity index (χ2v) is 5.20. The molecule has 0 unspecified atom stereocenters. The molecule has 5 nitrogen and oxygen atoms in total. The van der Waals surface area contributed by atoms with Gasteiger partial charge in [0.25, 0.3) is 5.91 Å². The van der Waals surface area contributed by atoms with Crippen molar-refractivity contribution in [3.63, 3.8) is 0 Å². The van der Waals surface area contributed by atoms with E-state index in [-0.39, 0.29) is 5.91 Å². The van der Waals surface area contributed by atoms with Crippen LogP contribution < -0.4 is 15.8 Å². The second kappa shape index (κ2) is 7.43. The van der Waals surface area contributed by atoms with Crippen LogP contribution in [0.4, 0.5) is 0 Å². The molecule has 2 heterocycles. The van der Waals surface area contributed by atoms with E-state index in [0.717, 1.165) is 9.75 Å². The van der Waals surface area contributed by atoms with Crippen LogP contribution in [0.2, 0.25) is 0 Å².